The number of para-hydroxylation sites is 1. The SMILES string of the molecule is O=C(O)c1cc(Cl)ccc1NC1CCOc2ccccc21. The summed E-state index contributed by atoms with van der Waals surface area (Å²) >= 11 is 5.87. The van der Waals surface area contributed by atoms with Crippen LogP contribution in [0.1, 0.15) is 28.4 Å². The fourth-order valence-corrected chi connectivity index (χ4v) is 2.67. The molecule has 0 spiro atoms. The van der Waals surface area contributed by atoms with Crippen LogP contribution in [0, 0.1) is 0 Å². The lowest BCUT2D eigenvalue weighted by atomic mass is 9.99. The van der Waals surface area contributed by atoms with Crippen LogP contribution in [0.25, 0.3) is 0 Å². The van der Waals surface area contributed by atoms with E-state index in [9.17, 15) is 9.90 Å². The van der Waals surface area contributed by atoms with Gasteiger partial charge in [-0.05, 0) is 24.3 Å². The van der Waals surface area contributed by atoms with Crippen molar-refractivity contribution in [3.8, 4) is 5.75 Å². The molecule has 0 fully saturated rings. The molecule has 0 bridgehead atoms. The van der Waals surface area contributed by atoms with E-state index in [4.69, 9.17) is 16.3 Å². The number of carboxylic acid groups (broad SMARTS) is 1. The first kappa shape index (κ1) is 13.8. The van der Waals surface area contributed by atoms with Crippen LogP contribution >= 0.6 is 11.6 Å². The molecule has 4 nitrogen and oxygen atoms in total. The summed E-state index contributed by atoms with van der Waals surface area (Å²) < 4.78 is 5.61. The van der Waals surface area contributed by atoms with Crippen LogP contribution in [0.4, 0.5) is 5.69 Å². The molecule has 3 rings (SSSR count). The third-order valence-corrected chi connectivity index (χ3v) is 3.74. The van der Waals surface area contributed by atoms with Gasteiger partial charge < -0.3 is 15.2 Å². The Balaban J connectivity index is 1.93. The first-order valence-electron chi connectivity index (χ1n) is 6.66. The quantitative estimate of drug-likeness (QED) is 0.900. The number of hydrogen-bond donors (Lipinski definition) is 2. The average Bonchev–Trinajstić information content (AvgIpc) is 2.49. The Morgan fingerprint density at radius 3 is 2.90 bits per heavy atom. The summed E-state index contributed by atoms with van der Waals surface area (Å²) in [7, 11) is 0. The molecule has 108 valence electrons. The van der Waals surface area contributed by atoms with Crippen LogP contribution in [-0.2, 0) is 0 Å². The van der Waals surface area contributed by atoms with Gasteiger partial charge in [-0.2, -0.15) is 0 Å². The first-order chi connectivity index (χ1) is 10.1. The molecule has 1 atom stereocenters. The van der Waals surface area contributed by atoms with E-state index in [1.165, 1.54) is 6.07 Å². The topological polar surface area (TPSA) is 58.6 Å². The van der Waals surface area contributed by atoms with Crippen molar-refractivity contribution >= 4 is 23.3 Å². The lowest BCUT2D eigenvalue weighted by Crippen LogP contribution is -2.21. The van der Waals surface area contributed by atoms with Gasteiger partial charge in [0.05, 0.1) is 18.2 Å². The van der Waals surface area contributed by atoms with Crippen molar-refractivity contribution < 1.29 is 14.6 Å². The largest absolute Gasteiger partial charge is 0.493 e. The number of halogens is 1. The van der Waals surface area contributed by atoms with Gasteiger partial charge in [0.15, 0.2) is 0 Å². The molecule has 2 aromatic carbocycles. The molecule has 0 aromatic heterocycles. The third-order valence-electron chi connectivity index (χ3n) is 3.50. The number of carbonyl (C=O) groups is 1. The Hall–Kier alpha value is -2.20. The van der Waals surface area contributed by atoms with Crippen LogP contribution in [0.5, 0.6) is 5.75 Å². The maximum Gasteiger partial charge on any atom is 0.337 e. The normalized spacial score (nSPS) is 16.7. The summed E-state index contributed by atoms with van der Waals surface area (Å²) in [6, 6.07) is 12.6. The van der Waals surface area contributed by atoms with Gasteiger partial charge in [-0.3, -0.25) is 0 Å². The highest BCUT2D eigenvalue weighted by atomic mass is 35.5. The number of ether oxygens (including phenoxy) is 1. The van der Waals surface area contributed by atoms with Gasteiger partial charge in [0, 0.05) is 22.7 Å². The van der Waals surface area contributed by atoms with E-state index >= 15 is 0 Å². The lowest BCUT2D eigenvalue weighted by Gasteiger charge is -2.28. The highest BCUT2D eigenvalue weighted by molar-refractivity contribution is 6.31. The van der Waals surface area contributed by atoms with Crippen LogP contribution in [0.3, 0.4) is 0 Å². The van der Waals surface area contributed by atoms with E-state index in [1.807, 2.05) is 24.3 Å². The minimum atomic E-state index is -1.000. The molecule has 1 aliphatic heterocycles. The zero-order valence-electron chi connectivity index (χ0n) is 11.2. The molecule has 5 heteroatoms. The Morgan fingerprint density at radius 2 is 2.10 bits per heavy atom. The maximum absolute atomic E-state index is 11.3. The fraction of sp³-hybridized carbons (Fsp3) is 0.188. The maximum atomic E-state index is 11.3. The zero-order chi connectivity index (χ0) is 14.8. The second kappa shape index (κ2) is 5.66. The van der Waals surface area contributed by atoms with E-state index in [0.29, 0.717) is 17.3 Å². The highest BCUT2D eigenvalue weighted by Gasteiger charge is 2.22. The summed E-state index contributed by atoms with van der Waals surface area (Å²) in [6.45, 7) is 0.602. The van der Waals surface area contributed by atoms with Gasteiger partial charge in [0.2, 0.25) is 0 Å². The predicted molar refractivity (Wildman–Crippen MR) is 81.3 cm³/mol. The van der Waals surface area contributed by atoms with E-state index in [-0.39, 0.29) is 11.6 Å². The number of carboxylic acids is 1. The van der Waals surface area contributed by atoms with E-state index in [2.05, 4.69) is 5.32 Å². The van der Waals surface area contributed by atoms with Crippen molar-refractivity contribution in [3.05, 3.63) is 58.6 Å². The summed E-state index contributed by atoms with van der Waals surface area (Å²) in [5.74, 6) is -0.160. The smallest absolute Gasteiger partial charge is 0.337 e. The molecule has 21 heavy (non-hydrogen) atoms. The second-order valence-electron chi connectivity index (χ2n) is 4.87. The predicted octanol–water partition coefficient (Wildman–Crippen LogP) is 3.97. The highest BCUT2D eigenvalue weighted by Crippen LogP contribution is 2.35. The Kier molecular flexibility index (Phi) is 3.71. The van der Waals surface area contributed by atoms with E-state index in [1.54, 1.807) is 12.1 Å². The zero-order valence-corrected chi connectivity index (χ0v) is 11.9. The minimum Gasteiger partial charge on any atom is -0.493 e. The average molecular weight is 304 g/mol. The Bertz CT molecular complexity index is 687. The lowest BCUT2D eigenvalue weighted by molar-refractivity contribution is 0.0698. The second-order valence-corrected chi connectivity index (χ2v) is 5.30. The van der Waals surface area contributed by atoms with Gasteiger partial charge in [0.25, 0.3) is 0 Å². The van der Waals surface area contributed by atoms with Crippen LogP contribution in [0.15, 0.2) is 42.5 Å². The molecule has 1 aliphatic rings. The van der Waals surface area contributed by atoms with Gasteiger partial charge in [-0.25, -0.2) is 4.79 Å². The molecule has 1 heterocycles. The standard InChI is InChI=1S/C16H14ClNO3/c17-10-5-6-13(12(9-10)16(19)20)18-14-7-8-21-15-4-2-1-3-11(14)15/h1-6,9,14,18H,7-8H2,(H,19,20). The molecule has 0 radical (unpaired) electrons. The molecule has 0 amide bonds. The van der Waals surface area contributed by atoms with Crippen molar-refractivity contribution in [2.75, 3.05) is 11.9 Å². The molecule has 0 aliphatic carbocycles. The van der Waals surface area contributed by atoms with Crippen LogP contribution < -0.4 is 10.1 Å². The van der Waals surface area contributed by atoms with Gasteiger partial charge in [0.1, 0.15) is 5.75 Å². The van der Waals surface area contributed by atoms with Gasteiger partial charge in [-0.15, -0.1) is 0 Å². The van der Waals surface area contributed by atoms with E-state index in [0.717, 1.165) is 17.7 Å². The van der Waals surface area contributed by atoms with E-state index < -0.39 is 5.97 Å². The van der Waals surface area contributed by atoms with Crippen molar-refractivity contribution in [1.29, 1.82) is 0 Å². The summed E-state index contributed by atoms with van der Waals surface area (Å²) in [6.07, 6.45) is 0.776. The Morgan fingerprint density at radius 1 is 1.29 bits per heavy atom. The number of anilines is 1. The molecular weight excluding hydrogens is 290 g/mol. The molecule has 1 unspecified atom stereocenters. The Labute approximate surface area is 127 Å². The van der Waals surface area contributed by atoms with Crippen molar-refractivity contribution in [2.45, 2.75) is 12.5 Å². The number of hydrogen-bond acceptors (Lipinski definition) is 3. The number of benzene rings is 2. The monoisotopic (exact) mass is 303 g/mol. The van der Waals surface area contributed by atoms with Crippen molar-refractivity contribution in [2.24, 2.45) is 0 Å². The number of rotatable bonds is 3. The first-order valence-corrected chi connectivity index (χ1v) is 7.04. The van der Waals surface area contributed by atoms with Gasteiger partial charge >= 0.3 is 5.97 Å². The third kappa shape index (κ3) is 2.81. The molecule has 2 aromatic rings. The molecule has 0 saturated carbocycles. The number of aromatic carboxylic acids is 1. The summed E-state index contributed by atoms with van der Waals surface area (Å²) in [5.41, 5.74) is 1.77. The van der Waals surface area contributed by atoms with Crippen molar-refractivity contribution in [3.63, 3.8) is 0 Å². The summed E-state index contributed by atoms with van der Waals surface area (Å²) in [5, 5.41) is 13.0. The molecule has 0 saturated heterocycles. The number of fused-ring (bicyclic) bond motifs is 1. The van der Waals surface area contributed by atoms with Gasteiger partial charge in [-0.1, -0.05) is 29.8 Å². The molecule has 2 N–H and O–H groups in total. The minimum absolute atomic E-state index is 0.0224. The fourth-order valence-electron chi connectivity index (χ4n) is 2.50. The van der Waals surface area contributed by atoms with Crippen molar-refractivity contribution in [1.82, 2.24) is 0 Å². The van der Waals surface area contributed by atoms with Crippen LogP contribution in [0.2, 0.25) is 5.02 Å². The van der Waals surface area contributed by atoms with Crippen LogP contribution in [-0.4, -0.2) is 17.7 Å². The summed E-state index contributed by atoms with van der Waals surface area (Å²) in [4.78, 5) is 11.3. The number of nitrogens with one attached hydrogen (secondary N) is 1. The molecular formula is C16H14ClNO3.